The van der Waals surface area contributed by atoms with Crippen molar-refractivity contribution in [3.63, 3.8) is 0 Å². The van der Waals surface area contributed by atoms with Gasteiger partial charge in [-0.05, 0) is 38.5 Å². The Balaban J connectivity index is 1.92. The van der Waals surface area contributed by atoms with Crippen LogP contribution in [-0.2, 0) is 21.5 Å². The third-order valence-electron chi connectivity index (χ3n) is 4.23. The number of alkyl halides is 3. The van der Waals surface area contributed by atoms with Crippen LogP contribution in [0.5, 0.6) is 0 Å². The van der Waals surface area contributed by atoms with Crippen molar-refractivity contribution < 1.29 is 37.4 Å². The molecule has 0 radical (unpaired) electrons. The number of halogens is 3. The summed E-state index contributed by atoms with van der Waals surface area (Å²) in [5.74, 6) is -1.07. The first-order valence-corrected chi connectivity index (χ1v) is 11.0. The lowest BCUT2D eigenvalue weighted by Gasteiger charge is -2.21. The van der Waals surface area contributed by atoms with Crippen molar-refractivity contribution in [1.29, 1.82) is 0 Å². The molecule has 2 aromatic carbocycles. The van der Waals surface area contributed by atoms with E-state index in [1.54, 1.807) is 45.0 Å². The quantitative estimate of drug-likeness (QED) is 0.505. The first-order chi connectivity index (χ1) is 15.3. The van der Waals surface area contributed by atoms with E-state index in [9.17, 15) is 32.7 Å². The van der Waals surface area contributed by atoms with Crippen LogP contribution in [0.3, 0.4) is 0 Å². The van der Waals surface area contributed by atoms with Crippen molar-refractivity contribution in [2.24, 2.45) is 0 Å². The fraction of sp³-hybridized carbons (Fsp3) is 0.348. The number of alkyl carbamates (subject to hydrolysis) is 1. The molecule has 0 spiro atoms. The standard InChI is InChI=1S/C23H24F3NO5S/c1-22(2,3)32-21(31)27-18(20(29)30)13-33-12-14-4-6-15(7-5-14)19(28)16-8-10-17(11-9-16)23(24,25)26/h4-11,18H,12-13H2,1-3H3,(H,27,31)(H,29,30). The molecule has 0 aromatic heterocycles. The maximum absolute atomic E-state index is 12.7. The molecule has 6 nitrogen and oxygen atoms in total. The van der Waals surface area contributed by atoms with Gasteiger partial charge in [0.2, 0.25) is 0 Å². The molecule has 0 bridgehead atoms. The molecule has 0 aliphatic carbocycles. The van der Waals surface area contributed by atoms with Crippen LogP contribution in [0, 0.1) is 0 Å². The van der Waals surface area contributed by atoms with Gasteiger partial charge < -0.3 is 15.2 Å². The third kappa shape index (κ3) is 8.45. The second-order valence-corrected chi connectivity index (χ2v) is 9.18. The molecule has 33 heavy (non-hydrogen) atoms. The van der Waals surface area contributed by atoms with Gasteiger partial charge in [0.1, 0.15) is 11.6 Å². The molecule has 0 fully saturated rings. The maximum atomic E-state index is 12.7. The molecule has 0 saturated heterocycles. The van der Waals surface area contributed by atoms with Crippen LogP contribution in [0.25, 0.3) is 0 Å². The zero-order valence-corrected chi connectivity index (χ0v) is 19.0. The number of rotatable bonds is 8. The second-order valence-electron chi connectivity index (χ2n) is 8.15. The number of nitrogens with one attached hydrogen (secondary N) is 1. The van der Waals surface area contributed by atoms with Crippen LogP contribution in [-0.4, -0.2) is 40.3 Å². The number of benzene rings is 2. The minimum absolute atomic E-state index is 0.0980. The Hall–Kier alpha value is -3.01. The van der Waals surface area contributed by atoms with Crippen molar-refractivity contribution in [1.82, 2.24) is 5.32 Å². The van der Waals surface area contributed by atoms with Crippen LogP contribution in [0.2, 0.25) is 0 Å². The van der Waals surface area contributed by atoms with Gasteiger partial charge in [-0.2, -0.15) is 24.9 Å². The highest BCUT2D eigenvalue weighted by Crippen LogP contribution is 2.29. The number of ketones is 1. The normalized spacial score (nSPS) is 12.7. The van der Waals surface area contributed by atoms with E-state index in [4.69, 9.17) is 4.74 Å². The number of carboxylic acids is 1. The summed E-state index contributed by atoms with van der Waals surface area (Å²) in [6.45, 7) is 5.01. The zero-order chi connectivity index (χ0) is 24.8. The van der Waals surface area contributed by atoms with E-state index in [1.807, 2.05) is 0 Å². The van der Waals surface area contributed by atoms with Crippen molar-refractivity contribution in [3.8, 4) is 0 Å². The highest BCUT2D eigenvalue weighted by Gasteiger charge is 2.30. The Morgan fingerprint density at radius 1 is 0.970 bits per heavy atom. The van der Waals surface area contributed by atoms with Crippen molar-refractivity contribution >= 4 is 29.6 Å². The van der Waals surface area contributed by atoms with Crippen LogP contribution < -0.4 is 5.32 Å². The SMILES string of the molecule is CC(C)(C)OC(=O)NC(CSCc1ccc(C(=O)c2ccc(C(F)(F)F)cc2)cc1)C(=O)O. The summed E-state index contributed by atoms with van der Waals surface area (Å²) in [4.78, 5) is 35.7. The Morgan fingerprint density at radius 3 is 1.94 bits per heavy atom. The molecule has 0 aliphatic rings. The van der Waals surface area contributed by atoms with Gasteiger partial charge in [0.25, 0.3) is 0 Å². The Morgan fingerprint density at radius 2 is 1.48 bits per heavy atom. The van der Waals surface area contributed by atoms with E-state index in [0.29, 0.717) is 11.3 Å². The van der Waals surface area contributed by atoms with Gasteiger partial charge in [0.15, 0.2) is 5.78 Å². The highest BCUT2D eigenvalue weighted by atomic mass is 32.2. The maximum Gasteiger partial charge on any atom is 0.416 e. The molecule has 1 atom stereocenters. The van der Waals surface area contributed by atoms with E-state index >= 15 is 0 Å². The molecule has 2 rings (SSSR count). The summed E-state index contributed by atoms with van der Waals surface area (Å²) < 4.78 is 43.1. The summed E-state index contributed by atoms with van der Waals surface area (Å²) in [5, 5.41) is 11.6. The molecular formula is C23H24F3NO5S. The van der Waals surface area contributed by atoms with Gasteiger partial charge >= 0.3 is 18.2 Å². The Bertz CT molecular complexity index is 983. The molecule has 1 unspecified atom stereocenters. The topological polar surface area (TPSA) is 92.7 Å². The molecule has 0 aliphatic heterocycles. The monoisotopic (exact) mass is 483 g/mol. The third-order valence-corrected chi connectivity index (χ3v) is 5.34. The Kier molecular flexibility index (Phi) is 8.54. The van der Waals surface area contributed by atoms with Gasteiger partial charge in [-0.3, -0.25) is 4.79 Å². The lowest BCUT2D eigenvalue weighted by molar-refractivity contribution is -0.139. The van der Waals surface area contributed by atoms with Gasteiger partial charge in [-0.1, -0.05) is 36.4 Å². The molecule has 0 heterocycles. The second kappa shape index (κ2) is 10.7. The number of thioether (sulfide) groups is 1. The van der Waals surface area contributed by atoms with Crippen molar-refractivity contribution in [2.75, 3.05) is 5.75 Å². The number of hydrogen-bond acceptors (Lipinski definition) is 5. The largest absolute Gasteiger partial charge is 0.480 e. The fourth-order valence-electron chi connectivity index (χ4n) is 2.65. The van der Waals surface area contributed by atoms with Gasteiger partial charge in [-0.25, -0.2) is 9.59 Å². The average Bonchev–Trinajstić information content (AvgIpc) is 2.71. The van der Waals surface area contributed by atoms with Crippen LogP contribution in [0.4, 0.5) is 18.0 Å². The molecule has 2 aromatic rings. The predicted molar refractivity (Wildman–Crippen MR) is 118 cm³/mol. The summed E-state index contributed by atoms with van der Waals surface area (Å²) in [5.41, 5.74) is -0.307. The fourth-order valence-corrected chi connectivity index (χ4v) is 3.66. The summed E-state index contributed by atoms with van der Waals surface area (Å²) in [6.07, 6.45) is -5.29. The lowest BCUT2D eigenvalue weighted by Crippen LogP contribution is -2.44. The summed E-state index contributed by atoms with van der Waals surface area (Å²) >= 11 is 1.27. The molecule has 178 valence electrons. The van der Waals surface area contributed by atoms with E-state index < -0.39 is 41.2 Å². The van der Waals surface area contributed by atoms with E-state index in [0.717, 1.165) is 29.8 Å². The van der Waals surface area contributed by atoms with Crippen molar-refractivity contribution in [3.05, 3.63) is 70.8 Å². The van der Waals surface area contributed by atoms with Gasteiger partial charge in [0, 0.05) is 22.6 Å². The lowest BCUT2D eigenvalue weighted by atomic mass is 10.0. The molecule has 10 heteroatoms. The zero-order valence-electron chi connectivity index (χ0n) is 18.2. The first kappa shape index (κ1) is 26.2. The Labute approximate surface area is 193 Å². The smallest absolute Gasteiger partial charge is 0.416 e. The first-order valence-electron chi connectivity index (χ1n) is 9.87. The van der Waals surface area contributed by atoms with E-state index in [1.165, 1.54) is 11.8 Å². The molecule has 0 saturated carbocycles. The highest BCUT2D eigenvalue weighted by molar-refractivity contribution is 7.98. The van der Waals surface area contributed by atoms with Gasteiger partial charge in [-0.15, -0.1) is 0 Å². The summed E-state index contributed by atoms with van der Waals surface area (Å²) in [7, 11) is 0. The number of ether oxygens (including phenoxy) is 1. The minimum Gasteiger partial charge on any atom is -0.480 e. The minimum atomic E-state index is -4.47. The number of carbonyl (C=O) groups excluding carboxylic acids is 2. The summed E-state index contributed by atoms with van der Waals surface area (Å²) in [6, 6.07) is 9.35. The number of amides is 1. The van der Waals surface area contributed by atoms with Crippen LogP contribution in [0.15, 0.2) is 48.5 Å². The number of hydrogen-bond donors (Lipinski definition) is 2. The van der Waals surface area contributed by atoms with Crippen LogP contribution in [0.1, 0.15) is 47.8 Å². The number of aliphatic carboxylic acids is 1. The average molecular weight is 484 g/mol. The predicted octanol–water partition coefficient (Wildman–Crippen LogP) is 5.15. The molecule has 2 N–H and O–H groups in total. The number of carboxylic acid groups (broad SMARTS) is 1. The van der Waals surface area contributed by atoms with E-state index in [-0.39, 0.29) is 11.3 Å². The van der Waals surface area contributed by atoms with Crippen LogP contribution >= 0.6 is 11.8 Å². The van der Waals surface area contributed by atoms with Gasteiger partial charge in [0.05, 0.1) is 5.56 Å². The van der Waals surface area contributed by atoms with Crippen molar-refractivity contribution in [2.45, 2.75) is 44.3 Å². The molecular weight excluding hydrogens is 459 g/mol. The molecule has 1 amide bonds. The number of carbonyl (C=O) groups is 3. The van der Waals surface area contributed by atoms with E-state index in [2.05, 4.69) is 5.32 Å².